The standard InChI is InChI=1S/C31H20/c1-2-11-21(12-3-1)22-16-10-17-26-25-15-6-9-20-29(25)31(30(22)26)27-18-7-4-13-23(27)24-14-5-8-19-28(24)31/h1-20H. The zero-order chi connectivity index (χ0) is 20.4. The van der Waals surface area contributed by atoms with Gasteiger partial charge in [-0.25, -0.2) is 0 Å². The quantitative estimate of drug-likeness (QED) is 0.268. The minimum Gasteiger partial charge on any atom is -0.0622 e. The van der Waals surface area contributed by atoms with E-state index >= 15 is 0 Å². The van der Waals surface area contributed by atoms with Crippen molar-refractivity contribution < 1.29 is 0 Å². The zero-order valence-corrected chi connectivity index (χ0v) is 17.0. The van der Waals surface area contributed by atoms with Gasteiger partial charge < -0.3 is 0 Å². The van der Waals surface area contributed by atoms with Gasteiger partial charge in [0.15, 0.2) is 0 Å². The predicted octanol–water partition coefficient (Wildman–Crippen LogP) is 7.70. The topological polar surface area (TPSA) is 0 Å². The van der Waals surface area contributed by atoms with Crippen LogP contribution in [0.3, 0.4) is 0 Å². The lowest BCUT2D eigenvalue weighted by molar-refractivity contribution is 0.796. The molecule has 2 aliphatic carbocycles. The van der Waals surface area contributed by atoms with Gasteiger partial charge in [0.25, 0.3) is 0 Å². The van der Waals surface area contributed by atoms with Gasteiger partial charge in [-0.05, 0) is 55.6 Å². The van der Waals surface area contributed by atoms with Crippen molar-refractivity contribution in [1.82, 2.24) is 0 Å². The Bertz CT molecular complexity index is 1410. The first-order valence-electron chi connectivity index (χ1n) is 10.9. The van der Waals surface area contributed by atoms with Gasteiger partial charge in [-0.3, -0.25) is 0 Å². The molecule has 0 bridgehead atoms. The van der Waals surface area contributed by atoms with Crippen LogP contribution in [0.1, 0.15) is 22.3 Å². The van der Waals surface area contributed by atoms with Crippen molar-refractivity contribution in [3.63, 3.8) is 0 Å². The van der Waals surface area contributed by atoms with E-state index in [1.807, 2.05) is 0 Å². The number of fused-ring (bicyclic) bond motifs is 10. The first-order valence-corrected chi connectivity index (χ1v) is 10.9. The first-order chi connectivity index (χ1) is 15.4. The molecule has 0 heteroatoms. The molecule has 144 valence electrons. The molecule has 31 heavy (non-hydrogen) atoms. The van der Waals surface area contributed by atoms with Gasteiger partial charge in [-0.1, -0.05) is 121 Å². The Morgan fingerprint density at radius 3 is 1.32 bits per heavy atom. The summed E-state index contributed by atoms with van der Waals surface area (Å²) in [5.74, 6) is 0. The van der Waals surface area contributed by atoms with Crippen LogP contribution in [-0.4, -0.2) is 0 Å². The molecule has 0 saturated carbocycles. The fraction of sp³-hybridized carbons (Fsp3) is 0.0323. The van der Waals surface area contributed by atoms with E-state index in [2.05, 4.69) is 121 Å². The third-order valence-corrected chi connectivity index (χ3v) is 7.10. The first kappa shape index (κ1) is 16.8. The average molecular weight is 393 g/mol. The molecule has 0 unspecified atom stereocenters. The van der Waals surface area contributed by atoms with E-state index in [1.165, 1.54) is 55.6 Å². The third-order valence-electron chi connectivity index (χ3n) is 7.10. The number of rotatable bonds is 1. The lowest BCUT2D eigenvalue weighted by atomic mass is 9.68. The maximum Gasteiger partial charge on any atom is 0.0731 e. The van der Waals surface area contributed by atoms with Crippen molar-refractivity contribution >= 4 is 0 Å². The Hall–Kier alpha value is -3.90. The maximum atomic E-state index is 2.34. The second-order valence-corrected chi connectivity index (χ2v) is 8.48. The monoisotopic (exact) mass is 392 g/mol. The van der Waals surface area contributed by atoms with Crippen LogP contribution < -0.4 is 0 Å². The largest absolute Gasteiger partial charge is 0.0731 e. The summed E-state index contributed by atoms with van der Waals surface area (Å²) < 4.78 is 0. The SMILES string of the molecule is c1ccc(-c2cccc3c2C2(c4ccccc4-c4ccccc42)c2ccccc2-3)cc1. The van der Waals surface area contributed by atoms with Gasteiger partial charge in [0.1, 0.15) is 0 Å². The molecule has 0 nitrogen and oxygen atoms in total. The molecule has 0 heterocycles. The minimum absolute atomic E-state index is 0.286. The van der Waals surface area contributed by atoms with Gasteiger partial charge in [0.2, 0.25) is 0 Å². The maximum absolute atomic E-state index is 2.34. The average Bonchev–Trinajstić information content (AvgIpc) is 3.32. The molecule has 5 aromatic rings. The van der Waals surface area contributed by atoms with Crippen molar-refractivity contribution in [2.24, 2.45) is 0 Å². The van der Waals surface area contributed by atoms with Crippen molar-refractivity contribution in [2.45, 2.75) is 5.41 Å². The Morgan fingerprint density at radius 1 is 0.323 bits per heavy atom. The summed E-state index contributed by atoms with van der Waals surface area (Å²) in [6.45, 7) is 0. The van der Waals surface area contributed by atoms with Crippen LogP contribution in [0.5, 0.6) is 0 Å². The van der Waals surface area contributed by atoms with E-state index in [1.54, 1.807) is 0 Å². The summed E-state index contributed by atoms with van der Waals surface area (Å²) in [4.78, 5) is 0. The lowest BCUT2D eigenvalue weighted by Gasteiger charge is -2.32. The summed E-state index contributed by atoms with van der Waals surface area (Å²) >= 11 is 0. The van der Waals surface area contributed by atoms with Crippen LogP contribution in [0, 0.1) is 0 Å². The number of hydrogen-bond acceptors (Lipinski definition) is 0. The van der Waals surface area contributed by atoms with Crippen LogP contribution in [0.2, 0.25) is 0 Å². The molecule has 0 aliphatic heterocycles. The highest BCUT2D eigenvalue weighted by Crippen LogP contribution is 2.64. The molecule has 7 rings (SSSR count). The molecule has 0 radical (unpaired) electrons. The molecule has 0 amide bonds. The normalized spacial score (nSPS) is 14.1. The predicted molar refractivity (Wildman–Crippen MR) is 128 cm³/mol. The minimum atomic E-state index is -0.286. The Labute approximate surface area is 182 Å². The molecule has 0 atom stereocenters. The van der Waals surface area contributed by atoms with E-state index in [9.17, 15) is 0 Å². The van der Waals surface area contributed by atoms with Gasteiger partial charge in [0.05, 0.1) is 5.41 Å². The van der Waals surface area contributed by atoms with E-state index in [4.69, 9.17) is 0 Å². The molecule has 0 saturated heterocycles. The summed E-state index contributed by atoms with van der Waals surface area (Å²) in [7, 11) is 0. The van der Waals surface area contributed by atoms with Crippen molar-refractivity contribution in [2.75, 3.05) is 0 Å². The molecule has 0 N–H and O–H groups in total. The smallest absolute Gasteiger partial charge is 0.0622 e. The van der Waals surface area contributed by atoms with Gasteiger partial charge >= 0.3 is 0 Å². The highest BCUT2D eigenvalue weighted by Gasteiger charge is 2.52. The molecule has 2 aliphatic rings. The number of benzene rings is 5. The fourth-order valence-corrected chi connectivity index (χ4v) is 6.01. The van der Waals surface area contributed by atoms with E-state index < -0.39 is 0 Å². The van der Waals surface area contributed by atoms with Crippen molar-refractivity contribution in [1.29, 1.82) is 0 Å². The Morgan fingerprint density at radius 2 is 0.742 bits per heavy atom. The third kappa shape index (κ3) is 2.00. The van der Waals surface area contributed by atoms with Gasteiger partial charge in [0, 0.05) is 0 Å². The van der Waals surface area contributed by atoms with Crippen LogP contribution in [0.4, 0.5) is 0 Å². The zero-order valence-electron chi connectivity index (χ0n) is 17.0. The van der Waals surface area contributed by atoms with E-state index in [-0.39, 0.29) is 5.41 Å². The Kier molecular flexibility index (Phi) is 3.29. The molecule has 5 aromatic carbocycles. The van der Waals surface area contributed by atoms with Gasteiger partial charge in [-0.15, -0.1) is 0 Å². The summed E-state index contributed by atoms with van der Waals surface area (Å²) in [6.07, 6.45) is 0. The second-order valence-electron chi connectivity index (χ2n) is 8.48. The second kappa shape index (κ2) is 6.06. The molecule has 0 aromatic heterocycles. The summed E-state index contributed by atoms with van der Waals surface area (Å²) in [5, 5.41) is 0. The van der Waals surface area contributed by atoms with Crippen LogP contribution in [-0.2, 0) is 5.41 Å². The van der Waals surface area contributed by atoms with Crippen molar-refractivity contribution in [3.05, 3.63) is 144 Å². The van der Waals surface area contributed by atoms with E-state index in [0.29, 0.717) is 0 Å². The fourth-order valence-electron chi connectivity index (χ4n) is 6.01. The lowest BCUT2D eigenvalue weighted by Crippen LogP contribution is -2.26. The van der Waals surface area contributed by atoms with E-state index in [0.717, 1.165) is 0 Å². The van der Waals surface area contributed by atoms with Crippen LogP contribution in [0.25, 0.3) is 33.4 Å². The Balaban J connectivity index is 1.72. The van der Waals surface area contributed by atoms with Gasteiger partial charge in [-0.2, -0.15) is 0 Å². The molecular formula is C31H20. The highest BCUT2D eigenvalue weighted by molar-refractivity contribution is 5.98. The summed E-state index contributed by atoms with van der Waals surface area (Å²) in [5.41, 5.74) is 13.3. The molecule has 1 spiro atoms. The molecule has 0 fully saturated rings. The van der Waals surface area contributed by atoms with Crippen molar-refractivity contribution in [3.8, 4) is 33.4 Å². The highest BCUT2D eigenvalue weighted by atomic mass is 14.5. The molecular weight excluding hydrogens is 372 g/mol. The van der Waals surface area contributed by atoms with Crippen LogP contribution >= 0.6 is 0 Å². The summed E-state index contributed by atoms with van der Waals surface area (Å²) in [6, 6.07) is 44.6. The van der Waals surface area contributed by atoms with Crippen LogP contribution in [0.15, 0.2) is 121 Å². The number of hydrogen-bond donors (Lipinski definition) is 0.